The summed E-state index contributed by atoms with van der Waals surface area (Å²) in [6, 6.07) is 7.09. The van der Waals surface area contributed by atoms with Gasteiger partial charge in [-0.05, 0) is 45.6 Å². The van der Waals surface area contributed by atoms with Gasteiger partial charge in [0.1, 0.15) is 17.4 Å². The lowest BCUT2D eigenvalue weighted by Crippen LogP contribution is -2.12. The SMILES string of the molecule is CC(C)COc1ccc(/C=C(\C#N)C(N)=O)cc1Br. The van der Waals surface area contributed by atoms with Crippen LogP contribution in [0.4, 0.5) is 0 Å². The first-order valence-corrected chi connectivity index (χ1v) is 6.57. The Bertz CT molecular complexity index is 545. The molecule has 1 amide bonds. The standard InChI is InChI=1S/C14H15BrN2O2/c1-9(2)8-19-13-4-3-10(6-12(13)15)5-11(7-16)14(17)18/h3-6,9H,8H2,1-2H3,(H2,17,18)/b11-5+. The van der Waals surface area contributed by atoms with Crippen LogP contribution in [-0.2, 0) is 4.79 Å². The first-order chi connectivity index (χ1) is 8.93. The quantitative estimate of drug-likeness (QED) is 0.669. The number of carbonyl (C=O) groups is 1. The van der Waals surface area contributed by atoms with Crippen molar-refractivity contribution in [1.29, 1.82) is 5.26 Å². The number of carbonyl (C=O) groups excluding carboxylic acids is 1. The van der Waals surface area contributed by atoms with Crippen LogP contribution in [0.25, 0.3) is 6.08 Å². The van der Waals surface area contributed by atoms with Crippen molar-refractivity contribution in [2.45, 2.75) is 13.8 Å². The maximum absolute atomic E-state index is 11.0. The van der Waals surface area contributed by atoms with Crippen molar-refractivity contribution < 1.29 is 9.53 Å². The number of rotatable bonds is 5. The van der Waals surface area contributed by atoms with Crippen LogP contribution in [-0.4, -0.2) is 12.5 Å². The first kappa shape index (κ1) is 15.3. The first-order valence-electron chi connectivity index (χ1n) is 5.78. The number of ether oxygens (including phenoxy) is 1. The van der Waals surface area contributed by atoms with Crippen LogP contribution in [0, 0.1) is 17.2 Å². The maximum atomic E-state index is 11.0. The third kappa shape index (κ3) is 4.76. The van der Waals surface area contributed by atoms with Gasteiger partial charge in [0, 0.05) is 0 Å². The van der Waals surface area contributed by atoms with E-state index in [9.17, 15) is 4.79 Å². The van der Waals surface area contributed by atoms with Crippen LogP contribution in [0.3, 0.4) is 0 Å². The third-order valence-corrected chi connectivity index (χ3v) is 2.84. The molecule has 0 aliphatic carbocycles. The summed E-state index contributed by atoms with van der Waals surface area (Å²) in [5, 5.41) is 8.77. The highest BCUT2D eigenvalue weighted by atomic mass is 79.9. The number of halogens is 1. The minimum atomic E-state index is -0.737. The van der Waals surface area contributed by atoms with Crippen LogP contribution in [0.1, 0.15) is 19.4 Å². The predicted octanol–water partition coefficient (Wildman–Crippen LogP) is 2.88. The summed E-state index contributed by atoms with van der Waals surface area (Å²) < 4.78 is 6.38. The summed E-state index contributed by atoms with van der Waals surface area (Å²) in [5.41, 5.74) is 5.70. The number of hydrogen-bond donors (Lipinski definition) is 1. The molecule has 1 aromatic rings. The molecule has 0 radical (unpaired) electrons. The molecule has 5 heteroatoms. The lowest BCUT2D eigenvalue weighted by Gasteiger charge is -2.10. The van der Waals surface area contributed by atoms with Gasteiger partial charge in [0.05, 0.1) is 11.1 Å². The van der Waals surface area contributed by atoms with Gasteiger partial charge in [-0.25, -0.2) is 0 Å². The fourth-order valence-electron chi connectivity index (χ4n) is 1.31. The highest BCUT2D eigenvalue weighted by Gasteiger charge is 2.06. The average molecular weight is 323 g/mol. The van der Waals surface area contributed by atoms with E-state index in [4.69, 9.17) is 15.7 Å². The van der Waals surface area contributed by atoms with Crippen molar-refractivity contribution in [2.24, 2.45) is 11.7 Å². The van der Waals surface area contributed by atoms with Crippen molar-refractivity contribution in [3.05, 3.63) is 33.8 Å². The van der Waals surface area contributed by atoms with Crippen LogP contribution in [0.15, 0.2) is 28.2 Å². The minimum absolute atomic E-state index is 0.0808. The van der Waals surface area contributed by atoms with Gasteiger partial charge in [0.15, 0.2) is 0 Å². The number of primary amides is 1. The van der Waals surface area contributed by atoms with E-state index in [2.05, 4.69) is 29.8 Å². The van der Waals surface area contributed by atoms with Gasteiger partial charge < -0.3 is 10.5 Å². The monoisotopic (exact) mass is 322 g/mol. The molecule has 0 bridgehead atoms. The zero-order valence-corrected chi connectivity index (χ0v) is 12.4. The number of nitrogens with zero attached hydrogens (tertiary/aromatic N) is 1. The largest absolute Gasteiger partial charge is 0.492 e. The third-order valence-electron chi connectivity index (χ3n) is 2.23. The van der Waals surface area contributed by atoms with Gasteiger partial charge >= 0.3 is 0 Å². The van der Waals surface area contributed by atoms with E-state index in [-0.39, 0.29) is 5.57 Å². The summed E-state index contributed by atoms with van der Waals surface area (Å²) >= 11 is 3.39. The Morgan fingerprint density at radius 3 is 2.74 bits per heavy atom. The summed E-state index contributed by atoms with van der Waals surface area (Å²) in [5.74, 6) is 0.425. The highest BCUT2D eigenvalue weighted by Crippen LogP contribution is 2.27. The van der Waals surface area contributed by atoms with E-state index < -0.39 is 5.91 Å². The molecule has 0 fully saturated rings. The van der Waals surface area contributed by atoms with Gasteiger partial charge in [-0.2, -0.15) is 5.26 Å². The van der Waals surface area contributed by atoms with Crippen LogP contribution in [0.2, 0.25) is 0 Å². The van der Waals surface area contributed by atoms with E-state index in [0.29, 0.717) is 18.1 Å². The van der Waals surface area contributed by atoms with Gasteiger partial charge in [-0.1, -0.05) is 19.9 Å². The molecule has 0 heterocycles. The number of nitrogens with two attached hydrogens (primary N) is 1. The molecule has 0 spiro atoms. The topological polar surface area (TPSA) is 76.1 Å². The summed E-state index contributed by atoms with van der Waals surface area (Å²) in [4.78, 5) is 11.0. The smallest absolute Gasteiger partial charge is 0.259 e. The number of amides is 1. The van der Waals surface area contributed by atoms with E-state index in [1.807, 2.05) is 0 Å². The molecular weight excluding hydrogens is 308 g/mol. The molecule has 1 aromatic carbocycles. The zero-order chi connectivity index (χ0) is 14.4. The van der Waals surface area contributed by atoms with Gasteiger partial charge in [-0.15, -0.1) is 0 Å². The number of benzene rings is 1. The Morgan fingerprint density at radius 2 is 2.26 bits per heavy atom. The molecular formula is C14H15BrN2O2. The van der Waals surface area contributed by atoms with Crippen LogP contribution >= 0.6 is 15.9 Å². The predicted molar refractivity (Wildman–Crippen MR) is 77.3 cm³/mol. The van der Waals surface area contributed by atoms with E-state index in [0.717, 1.165) is 10.2 Å². The van der Waals surface area contributed by atoms with E-state index in [1.165, 1.54) is 6.08 Å². The van der Waals surface area contributed by atoms with Crippen molar-refractivity contribution in [1.82, 2.24) is 0 Å². The molecule has 0 saturated carbocycles. The second kappa shape index (κ2) is 6.95. The molecule has 4 nitrogen and oxygen atoms in total. The fraction of sp³-hybridized carbons (Fsp3) is 0.286. The molecule has 1 rings (SSSR count). The van der Waals surface area contributed by atoms with Crippen molar-refractivity contribution in [2.75, 3.05) is 6.61 Å². The van der Waals surface area contributed by atoms with Gasteiger partial charge in [0.2, 0.25) is 0 Å². The number of hydrogen-bond acceptors (Lipinski definition) is 3. The Labute approximate surface area is 121 Å². The maximum Gasteiger partial charge on any atom is 0.259 e. The molecule has 19 heavy (non-hydrogen) atoms. The average Bonchev–Trinajstić information content (AvgIpc) is 2.34. The molecule has 0 atom stereocenters. The van der Waals surface area contributed by atoms with Gasteiger partial charge in [-0.3, -0.25) is 4.79 Å². The van der Waals surface area contributed by atoms with Crippen molar-refractivity contribution in [3.63, 3.8) is 0 Å². The Kier molecular flexibility index (Phi) is 5.58. The molecule has 2 N–H and O–H groups in total. The minimum Gasteiger partial charge on any atom is -0.492 e. The Balaban J connectivity index is 2.94. The highest BCUT2D eigenvalue weighted by molar-refractivity contribution is 9.10. The molecule has 0 aliphatic heterocycles. The molecule has 0 saturated heterocycles. The number of nitriles is 1. The van der Waals surface area contributed by atoms with Crippen LogP contribution in [0.5, 0.6) is 5.75 Å². The normalized spacial score (nSPS) is 11.2. The summed E-state index contributed by atoms with van der Waals surface area (Å²) in [6.45, 7) is 4.76. The second-order valence-corrected chi connectivity index (χ2v) is 5.28. The second-order valence-electron chi connectivity index (χ2n) is 4.43. The molecule has 0 aliphatic rings. The van der Waals surface area contributed by atoms with Gasteiger partial charge in [0.25, 0.3) is 5.91 Å². The summed E-state index contributed by atoms with van der Waals surface area (Å²) in [6.07, 6.45) is 1.44. The Morgan fingerprint density at radius 1 is 1.58 bits per heavy atom. The fourth-order valence-corrected chi connectivity index (χ4v) is 1.82. The van der Waals surface area contributed by atoms with Crippen molar-refractivity contribution in [3.8, 4) is 11.8 Å². The zero-order valence-electron chi connectivity index (χ0n) is 10.8. The lowest BCUT2D eigenvalue weighted by molar-refractivity contribution is -0.114. The van der Waals surface area contributed by atoms with E-state index >= 15 is 0 Å². The van der Waals surface area contributed by atoms with Crippen LogP contribution < -0.4 is 10.5 Å². The molecule has 100 valence electrons. The van der Waals surface area contributed by atoms with E-state index in [1.54, 1.807) is 24.3 Å². The molecule has 0 unspecified atom stereocenters. The lowest BCUT2D eigenvalue weighted by atomic mass is 10.1. The van der Waals surface area contributed by atoms with Crippen molar-refractivity contribution >= 4 is 27.9 Å². The summed E-state index contributed by atoms with van der Waals surface area (Å²) in [7, 11) is 0. The Hall–Kier alpha value is -1.80. The molecule has 0 aromatic heterocycles.